The first-order valence-electron chi connectivity index (χ1n) is 8.14. The summed E-state index contributed by atoms with van der Waals surface area (Å²) in [5, 5.41) is 4.78. The van der Waals surface area contributed by atoms with Crippen LogP contribution >= 0.6 is 27.3 Å². The zero-order chi connectivity index (χ0) is 16.8. The topological polar surface area (TPSA) is 4.93 Å². The van der Waals surface area contributed by atoms with Crippen molar-refractivity contribution in [2.24, 2.45) is 0 Å². The normalized spacial score (nSPS) is 11.4. The Labute approximate surface area is 158 Å². The van der Waals surface area contributed by atoms with Gasteiger partial charge in [-0.1, -0.05) is 46.3 Å². The summed E-state index contributed by atoms with van der Waals surface area (Å²) in [5.74, 6) is 0. The molecule has 0 unspecified atom stereocenters. The maximum absolute atomic E-state index is 3.53. The molecule has 0 fully saturated rings. The lowest BCUT2D eigenvalue weighted by atomic mass is 10.0. The number of fused-ring (bicyclic) bond motifs is 3. The van der Waals surface area contributed by atoms with Crippen molar-refractivity contribution in [3.8, 4) is 16.8 Å². The van der Waals surface area contributed by atoms with Gasteiger partial charge < -0.3 is 4.57 Å². The maximum atomic E-state index is 3.53. The van der Waals surface area contributed by atoms with E-state index in [-0.39, 0.29) is 0 Å². The number of halogens is 1. The minimum atomic E-state index is 1.11. The molecule has 0 spiro atoms. The molecule has 2 aromatic heterocycles. The maximum Gasteiger partial charge on any atom is 0.0707 e. The number of rotatable bonds is 2. The second-order valence-corrected chi connectivity index (χ2v) is 7.89. The third-order valence-corrected chi connectivity index (χ3v) is 6.03. The van der Waals surface area contributed by atoms with Gasteiger partial charge >= 0.3 is 0 Å². The summed E-state index contributed by atoms with van der Waals surface area (Å²) in [5.41, 5.74) is 5.03. The molecule has 2 heterocycles. The Morgan fingerprint density at radius 1 is 0.840 bits per heavy atom. The average molecular weight is 404 g/mol. The second-order valence-electron chi connectivity index (χ2n) is 6.05. The molecule has 0 amide bonds. The van der Waals surface area contributed by atoms with Crippen LogP contribution in [0.2, 0.25) is 0 Å². The molecular formula is C22H14BrNS. The largest absolute Gasteiger partial charge is 0.315 e. The summed E-state index contributed by atoms with van der Waals surface area (Å²) < 4.78 is 4.73. The van der Waals surface area contributed by atoms with Gasteiger partial charge in [0.2, 0.25) is 0 Å². The van der Waals surface area contributed by atoms with Gasteiger partial charge in [-0.2, -0.15) is 0 Å². The predicted octanol–water partition coefficient (Wildman–Crippen LogP) is 7.27. The fraction of sp³-hybridized carbons (Fsp3) is 0. The summed E-state index contributed by atoms with van der Waals surface area (Å²) in [4.78, 5) is 0. The molecule has 5 aromatic rings. The SMILES string of the molecule is Brc1ccc(-c2cc3ccn(-c4ccccc4)c3c3sccc23)cc1. The van der Waals surface area contributed by atoms with E-state index in [9.17, 15) is 0 Å². The van der Waals surface area contributed by atoms with Gasteiger partial charge in [-0.25, -0.2) is 0 Å². The molecule has 0 radical (unpaired) electrons. The highest BCUT2D eigenvalue weighted by molar-refractivity contribution is 9.10. The van der Waals surface area contributed by atoms with Crippen LogP contribution in [0.4, 0.5) is 0 Å². The Morgan fingerprint density at radius 3 is 2.44 bits per heavy atom. The van der Waals surface area contributed by atoms with E-state index in [0.29, 0.717) is 0 Å². The molecule has 0 saturated heterocycles. The summed E-state index contributed by atoms with van der Waals surface area (Å²) in [6.07, 6.45) is 2.17. The molecule has 120 valence electrons. The van der Waals surface area contributed by atoms with Crippen LogP contribution < -0.4 is 0 Å². The van der Waals surface area contributed by atoms with E-state index in [2.05, 4.69) is 105 Å². The Hall–Kier alpha value is -2.36. The minimum Gasteiger partial charge on any atom is -0.315 e. The standard InChI is InChI=1S/C22H14BrNS/c23-17-8-6-15(7-9-17)20-14-16-10-12-24(18-4-2-1-3-5-18)21(16)22-19(20)11-13-25-22/h1-14H. The Kier molecular flexibility index (Phi) is 3.51. The van der Waals surface area contributed by atoms with Gasteiger partial charge in [0.15, 0.2) is 0 Å². The van der Waals surface area contributed by atoms with Crippen molar-refractivity contribution in [2.45, 2.75) is 0 Å². The van der Waals surface area contributed by atoms with Crippen molar-refractivity contribution in [3.63, 3.8) is 0 Å². The van der Waals surface area contributed by atoms with Crippen LogP contribution in [-0.4, -0.2) is 4.57 Å². The van der Waals surface area contributed by atoms with E-state index in [4.69, 9.17) is 0 Å². The minimum absolute atomic E-state index is 1.11. The Morgan fingerprint density at radius 2 is 1.64 bits per heavy atom. The third-order valence-electron chi connectivity index (χ3n) is 4.58. The molecule has 0 aliphatic heterocycles. The van der Waals surface area contributed by atoms with E-state index >= 15 is 0 Å². The predicted molar refractivity (Wildman–Crippen MR) is 112 cm³/mol. The van der Waals surface area contributed by atoms with Crippen molar-refractivity contribution in [2.75, 3.05) is 0 Å². The monoisotopic (exact) mass is 403 g/mol. The zero-order valence-electron chi connectivity index (χ0n) is 13.3. The van der Waals surface area contributed by atoms with Crippen molar-refractivity contribution in [3.05, 3.63) is 88.8 Å². The first-order valence-corrected chi connectivity index (χ1v) is 9.81. The Balaban J connectivity index is 1.83. The molecule has 0 atom stereocenters. The highest BCUT2D eigenvalue weighted by Crippen LogP contribution is 2.39. The molecule has 0 bridgehead atoms. The highest BCUT2D eigenvalue weighted by atomic mass is 79.9. The van der Waals surface area contributed by atoms with Crippen molar-refractivity contribution in [1.29, 1.82) is 0 Å². The van der Waals surface area contributed by atoms with E-state index in [1.807, 2.05) is 11.3 Å². The Bertz CT molecular complexity index is 1180. The number of hydrogen-bond donors (Lipinski definition) is 0. The van der Waals surface area contributed by atoms with E-state index in [1.165, 1.54) is 37.8 Å². The number of thiophene rings is 1. The van der Waals surface area contributed by atoms with Gasteiger partial charge in [0, 0.05) is 27.1 Å². The van der Waals surface area contributed by atoms with Gasteiger partial charge in [-0.3, -0.25) is 0 Å². The molecule has 1 nitrogen and oxygen atoms in total. The second kappa shape index (κ2) is 5.87. The third kappa shape index (κ3) is 2.43. The van der Waals surface area contributed by atoms with Crippen molar-refractivity contribution in [1.82, 2.24) is 4.57 Å². The fourth-order valence-electron chi connectivity index (χ4n) is 3.41. The molecule has 0 aliphatic rings. The van der Waals surface area contributed by atoms with Gasteiger partial charge in [0.25, 0.3) is 0 Å². The molecule has 3 heteroatoms. The molecule has 0 aliphatic carbocycles. The smallest absolute Gasteiger partial charge is 0.0707 e. The lowest BCUT2D eigenvalue weighted by molar-refractivity contribution is 1.13. The van der Waals surface area contributed by atoms with Crippen molar-refractivity contribution >= 4 is 48.3 Å². The van der Waals surface area contributed by atoms with Gasteiger partial charge in [-0.15, -0.1) is 11.3 Å². The van der Waals surface area contributed by atoms with Crippen molar-refractivity contribution < 1.29 is 0 Å². The van der Waals surface area contributed by atoms with Gasteiger partial charge in [0.05, 0.1) is 10.2 Å². The lowest BCUT2D eigenvalue weighted by Crippen LogP contribution is -1.91. The first kappa shape index (κ1) is 14.9. The quantitative estimate of drug-likeness (QED) is 0.291. The van der Waals surface area contributed by atoms with Crippen LogP contribution in [0.5, 0.6) is 0 Å². The highest BCUT2D eigenvalue weighted by Gasteiger charge is 2.13. The number of benzene rings is 3. The van der Waals surface area contributed by atoms with E-state index in [0.717, 1.165) is 4.47 Å². The molecule has 0 saturated carbocycles. The van der Waals surface area contributed by atoms with Crippen LogP contribution in [0.3, 0.4) is 0 Å². The first-order chi connectivity index (χ1) is 12.3. The van der Waals surface area contributed by atoms with E-state index < -0.39 is 0 Å². The number of aromatic nitrogens is 1. The van der Waals surface area contributed by atoms with Crippen LogP contribution in [0, 0.1) is 0 Å². The van der Waals surface area contributed by atoms with Crippen LogP contribution in [0.25, 0.3) is 37.8 Å². The molecular weight excluding hydrogens is 390 g/mol. The average Bonchev–Trinajstić information content (AvgIpc) is 3.29. The van der Waals surface area contributed by atoms with Gasteiger partial charge in [-0.05, 0) is 59.0 Å². The lowest BCUT2D eigenvalue weighted by Gasteiger charge is -2.09. The molecule has 5 rings (SSSR count). The van der Waals surface area contributed by atoms with Crippen LogP contribution in [0.1, 0.15) is 0 Å². The van der Waals surface area contributed by atoms with Crippen LogP contribution in [0.15, 0.2) is 88.8 Å². The van der Waals surface area contributed by atoms with E-state index in [1.54, 1.807) is 0 Å². The zero-order valence-corrected chi connectivity index (χ0v) is 15.7. The molecule has 3 aromatic carbocycles. The summed E-state index contributed by atoms with van der Waals surface area (Å²) >= 11 is 5.34. The number of nitrogens with zero attached hydrogens (tertiary/aromatic N) is 1. The number of para-hydroxylation sites is 1. The summed E-state index contributed by atoms with van der Waals surface area (Å²) in [6.45, 7) is 0. The molecule has 0 N–H and O–H groups in total. The van der Waals surface area contributed by atoms with Crippen LogP contribution in [-0.2, 0) is 0 Å². The fourth-order valence-corrected chi connectivity index (χ4v) is 4.65. The van der Waals surface area contributed by atoms with Gasteiger partial charge in [0.1, 0.15) is 0 Å². The number of hydrogen-bond acceptors (Lipinski definition) is 1. The molecule has 25 heavy (non-hydrogen) atoms. The summed E-state index contributed by atoms with van der Waals surface area (Å²) in [6, 6.07) is 25.9. The summed E-state index contributed by atoms with van der Waals surface area (Å²) in [7, 11) is 0.